The van der Waals surface area contributed by atoms with Crippen LogP contribution in [0.5, 0.6) is 0 Å². The molecule has 0 spiro atoms. The van der Waals surface area contributed by atoms with Crippen LogP contribution in [0.15, 0.2) is 18.2 Å². The smallest absolute Gasteiger partial charge is 0.325 e. The minimum Gasteiger partial charge on any atom is -0.454 e. The van der Waals surface area contributed by atoms with E-state index in [-0.39, 0.29) is 12.5 Å². The first-order chi connectivity index (χ1) is 12.2. The van der Waals surface area contributed by atoms with Crippen LogP contribution in [0.2, 0.25) is 0 Å². The number of hydrogen-bond donors (Lipinski definition) is 3. The minimum atomic E-state index is -0.747. The van der Waals surface area contributed by atoms with Gasteiger partial charge >= 0.3 is 5.97 Å². The maximum Gasteiger partial charge on any atom is 0.325 e. The van der Waals surface area contributed by atoms with Crippen molar-refractivity contribution in [2.45, 2.75) is 33.7 Å². The summed E-state index contributed by atoms with van der Waals surface area (Å²) in [7, 11) is 0. The number of ether oxygens (including phenoxy) is 1. The summed E-state index contributed by atoms with van der Waals surface area (Å²) >= 11 is 0. The highest BCUT2D eigenvalue weighted by atomic mass is 16.5. The van der Waals surface area contributed by atoms with Crippen molar-refractivity contribution in [2.75, 3.05) is 19.7 Å². The molecule has 3 amide bonds. The molecule has 1 atom stereocenters. The Morgan fingerprint density at radius 2 is 1.77 bits per heavy atom. The zero-order valence-corrected chi connectivity index (χ0v) is 15.5. The molecule has 0 heterocycles. The molecule has 0 fully saturated rings. The van der Waals surface area contributed by atoms with Crippen LogP contribution < -0.4 is 16.0 Å². The van der Waals surface area contributed by atoms with Crippen LogP contribution in [0.1, 0.15) is 35.3 Å². The van der Waals surface area contributed by atoms with Gasteiger partial charge in [-0.25, -0.2) is 0 Å². The van der Waals surface area contributed by atoms with E-state index >= 15 is 0 Å². The lowest BCUT2D eigenvalue weighted by Crippen LogP contribution is -2.46. The monoisotopic (exact) mass is 363 g/mol. The normalized spacial score (nSPS) is 11.2. The fourth-order valence-electron chi connectivity index (χ4n) is 2.01. The maximum absolute atomic E-state index is 12.0. The van der Waals surface area contributed by atoms with Crippen molar-refractivity contribution in [3.8, 4) is 0 Å². The largest absolute Gasteiger partial charge is 0.454 e. The number of carbonyl (C=O) groups excluding carboxylic acids is 4. The summed E-state index contributed by atoms with van der Waals surface area (Å²) < 4.78 is 4.78. The molecular formula is C18H25N3O5. The zero-order valence-electron chi connectivity index (χ0n) is 15.5. The lowest BCUT2D eigenvalue weighted by molar-refractivity contribution is -0.147. The van der Waals surface area contributed by atoms with Crippen molar-refractivity contribution in [2.24, 2.45) is 0 Å². The Morgan fingerprint density at radius 3 is 2.38 bits per heavy atom. The van der Waals surface area contributed by atoms with Gasteiger partial charge < -0.3 is 20.7 Å². The summed E-state index contributed by atoms with van der Waals surface area (Å²) in [5.74, 6) is -2.08. The minimum absolute atomic E-state index is 0.326. The lowest BCUT2D eigenvalue weighted by Gasteiger charge is -2.13. The maximum atomic E-state index is 12.0. The van der Waals surface area contributed by atoms with E-state index in [2.05, 4.69) is 16.0 Å². The van der Waals surface area contributed by atoms with Gasteiger partial charge in [-0.1, -0.05) is 6.07 Å². The van der Waals surface area contributed by atoms with Crippen molar-refractivity contribution < 1.29 is 23.9 Å². The Kier molecular flexibility index (Phi) is 8.27. The van der Waals surface area contributed by atoms with Crippen LogP contribution in [-0.2, 0) is 19.1 Å². The Morgan fingerprint density at radius 1 is 1.08 bits per heavy atom. The molecule has 8 heteroatoms. The number of rotatable bonds is 8. The standard InChI is InChI=1S/C18H25N3O5/c1-5-19-17(24)13(4)21-15(22)10-26-16(23)9-20-18(25)14-7-6-11(2)12(3)8-14/h6-8,13H,5,9-10H2,1-4H3,(H,19,24)(H,20,25)(H,21,22)/t13-/m1/s1. The molecule has 1 aromatic carbocycles. The molecule has 26 heavy (non-hydrogen) atoms. The Balaban J connectivity index is 2.35. The Bertz CT molecular complexity index is 687. The predicted octanol–water partition coefficient (Wildman–Crippen LogP) is 0.217. The van der Waals surface area contributed by atoms with Crippen LogP contribution in [0, 0.1) is 13.8 Å². The molecule has 0 unspecified atom stereocenters. The first-order valence-corrected chi connectivity index (χ1v) is 8.32. The summed E-state index contributed by atoms with van der Waals surface area (Å²) in [6.45, 7) is 6.68. The Hall–Kier alpha value is -2.90. The van der Waals surface area contributed by atoms with Gasteiger partial charge in [-0.2, -0.15) is 0 Å². The number of carbonyl (C=O) groups is 4. The highest BCUT2D eigenvalue weighted by molar-refractivity contribution is 5.96. The Labute approximate surface area is 152 Å². The fourth-order valence-corrected chi connectivity index (χ4v) is 2.01. The van der Waals surface area contributed by atoms with E-state index < -0.39 is 30.4 Å². The quantitative estimate of drug-likeness (QED) is 0.572. The number of aryl methyl sites for hydroxylation is 2. The molecule has 0 aromatic heterocycles. The topological polar surface area (TPSA) is 114 Å². The van der Waals surface area contributed by atoms with Crippen molar-refractivity contribution in [1.29, 1.82) is 0 Å². The highest BCUT2D eigenvalue weighted by Crippen LogP contribution is 2.09. The number of esters is 1. The number of likely N-dealkylation sites (N-methyl/N-ethyl adjacent to an activating group) is 1. The fraction of sp³-hybridized carbons (Fsp3) is 0.444. The van der Waals surface area contributed by atoms with Gasteiger partial charge in [0.25, 0.3) is 11.8 Å². The number of benzene rings is 1. The van der Waals surface area contributed by atoms with E-state index in [1.807, 2.05) is 19.9 Å². The summed E-state index contributed by atoms with van der Waals surface area (Å²) in [6, 6.07) is 4.49. The summed E-state index contributed by atoms with van der Waals surface area (Å²) in [4.78, 5) is 46.8. The van der Waals surface area contributed by atoms with Gasteiger partial charge in [0.1, 0.15) is 12.6 Å². The van der Waals surface area contributed by atoms with E-state index in [1.54, 1.807) is 19.1 Å². The van der Waals surface area contributed by atoms with Crippen LogP contribution in [-0.4, -0.2) is 49.4 Å². The van der Waals surface area contributed by atoms with Gasteiger partial charge in [0, 0.05) is 12.1 Å². The predicted molar refractivity (Wildman–Crippen MR) is 95.5 cm³/mol. The zero-order chi connectivity index (χ0) is 19.7. The average molecular weight is 363 g/mol. The summed E-state index contributed by atoms with van der Waals surface area (Å²) in [6.07, 6.45) is 0. The number of hydrogen-bond acceptors (Lipinski definition) is 5. The van der Waals surface area contributed by atoms with Gasteiger partial charge in [-0.3, -0.25) is 19.2 Å². The number of nitrogens with one attached hydrogen (secondary N) is 3. The van der Waals surface area contributed by atoms with Gasteiger partial charge in [0.05, 0.1) is 0 Å². The molecule has 1 aromatic rings. The van der Waals surface area contributed by atoms with Crippen molar-refractivity contribution in [1.82, 2.24) is 16.0 Å². The van der Waals surface area contributed by atoms with Crippen LogP contribution in [0.3, 0.4) is 0 Å². The van der Waals surface area contributed by atoms with Gasteiger partial charge in [-0.05, 0) is 51.0 Å². The van der Waals surface area contributed by atoms with E-state index in [0.717, 1.165) is 11.1 Å². The molecule has 3 N–H and O–H groups in total. The third kappa shape index (κ3) is 6.92. The van der Waals surface area contributed by atoms with Crippen LogP contribution in [0.25, 0.3) is 0 Å². The van der Waals surface area contributed by atoms with E-state index in [4.69, 9.17) is 4.74 Å². The molecule has 0 bridgehead atoms. The molecule has 1 rings (SSSR count). The number of amides is 3. The highest BCUT2D eigenvalue weighted by Gasteiger charge is 2.16. The average Bonchev–Trinajstić information content (AvgIpc) is 2.60. The van der Waals surface area contributed by atoms with Crippen molar-refractivity contribution >= 4 is 23.7 Å². The molecule has 0 aliphatic carbocycles. The molecule has 0 aliphatic heterocycles. The molecular weight excluding hydrogens is 338 g/mol. The third-order valence-corrected chi connectivity index (χ3v) is 3.65. The van der Waals surface area contributed by atoms with Gasteiger partial charge in [-0.15, -0.1) is 0 Å². The molecule has 8 nitrogen and oxygen atoms in total. The van der Waals surface area contributed by atoms with E-state index in [0.29, 0.717) is 12.1 Å². The molecule has 142 valence electrons. The molecule has 0 aliphatic rings. The second kappa shape index (κ2) is 10.2. The molecule has 0 saturated carbocycles. The van der Waals surface area contributed by atoms with E-state index in [1.165, 1.54) is 6.92 Å². The first kappa shape index (κ1) is 21.1. The van der Waals surface area contributed by atoms with Crippen molar-refractivity contribution in [3.63, 3.8) is 0 Å². The second-order valence-corrected chi connectivity index (χ2v) is 5.83. The molecule has 0 radical (unpaired) electrons. The first-order valence-electron chi connectivity index (χ1n) is 8.32. The lowest BCUT2D eigenvalue weighted by atomic mass is 10.1. The summed E-state index contributed by atoms with van der Waals surface area (Å²) in [5, 5.41) is 7.40. The van der Waals surface area contributed by atoms with Crippen molar-refractivity contribution in [3.05, 3.63) is 34.9 Å². The van der Waals surface area contributed by atoms with Crippen LogP contribution in [0.4, 0.5) is 0 Å². The molecule has 0 saturated heterocycles. The van der Waals surface area contributed by atoms with Gasteiger partial charge in [0.2, 0.25) is 5.91 Å². The third-order valence-electron chi connectivity index (χ3n) is 3.65. The summed E-state index contributed by atoms with van der Waals surface area (Å²) in [5.41, 5.74) is 2.47. The van der Waals surface area contributed by atoms with Crippen LogP contribution >= 0.6 is 0 Å². The second-order valence-electron chi connectivity index (χ2n) is 5.83. The SMILES string of the molecule is CCNC(=O)[C@@H](C)NC(=O)COC(=O)CNC(=O)c1ccc(C)c(C)c1. The van der Waals surface area contributed by atoms with Gasteiger partial charge in [0.15, 0.2) is 6.61 Å². The van der Waals surface area contributed by atoms with E-state index in [9.17, 15) is 19.2 Å².